The lowest BCUT2D eigenvalue weighted by molar-refractivity contribution is 0.128. The molecule has 0 aliphatic carbocycles. The van der Waals surface area contributed by atoms with Crippen molar-refractivity contribution >= 4 is 11.3 Å². The minimum absolute atomic E-state index is 0.0460. The van der Waals surface area contributed by atoms with Crippen LogP contribution in [0.1, 0.15) is 10.4 Å². The molecule has 0 aliphatic rings. The van der Waals surface area contributed by atoms with Crippen LogP contribution in [0, 0.1) is 11.3 Å². The predicted molar refractivity (Wildman–Crippen MR) is 58.6 cm³/mol. The predicted octanol–water partition coefficient (Wildman–Crippen LogP) is 0.717. The highest BCUT2D eigenvalue weighted by atomic mass is 32.1. The first-order chi connectivity index (χ1) is 7.30. The van der Waals surface area contributed by atoms with Crippen LogP contribution in [0.4, 0.5) is 0 Å². The van der Waals surface area contributed by atoms with E-state index in [9.17, 15) is 0 Å². The van der Waals surface area contributed by atoms with Crippen LogP contribution in [0.2, 0.25) is 0 Å². The minimum atomic E-state index is -0.0531. The molecule has 1 heterocycles. The van der Waals surface area contributed by atoms with Crippen molar-refractivity contribution in [2.24, 2.45) is 0 Å². The standard InChI is InChI=1S/C10H14N2O2S/c1-14-6-9(5-13)12-4-10-2-8(3-11)7-15-10/h2,7,9,12-13H,4-6H2,1H3. The molecule has 4 nitrogen and oxygen atoms in total. The van der Waals surface area contributed by atoms with Gasteiger partial charge in [0.25, 0.3) is 0 Å². The summed E-state index contributed by atoms with van der Waals surface area (Å²) in [7, 11) is 1.60. The van der Waals surface area contributed by atoms with Crippen LogP contribution in [0.5, 0.6) is 0 Å². The highest BCUT2D eigenvalue weighted by Crippen LogP contribution is 2.13. The van der Waals surface area contributed by atoms with Crippen LogP contribution >= 0.6 is 11.3 Å². The number of aliphatic hydroxyl groups is 1. The van der Waals surface area contributed by atoms with Crippen LogP contribution in [0.25, 0.3) is 0 Å². The van der Waals surface area contributed by atoms with Gasteiger partial charge in [0.2, 0.25) is 0 Å². The Balaban J connectivity index is 2.38. The summed E-state index contributed by atoms with van der Waals surface area (Å²) in [4.78, 5) is 1.08. The smallest absolute Gasteiger partial charge is 0.100 e. The van der Waals surface area contributed by atoms with Gasteiger partial charge in [0, 0.05) is 23.9 Å². The van der Waals surface area contributed by atoms with Gasteiger partial charge in [-0.1, -0.05) is 0 Å². The fourth-order valence-electron chi connectivity index (χ4n) is 1.15. The van der Waals surface area contributed by atoms with Gasteiger partial charge in [-0.3, -0.25) is 0 Å². The van der Waals surface area contributed by atoms with Crippen molar-refractivity contribution < 1.29 is 9.84 Å². The number of hydrogen-bond acceptors (Lipinski definition) is 5. The molecule has 0 aliphatic heterocycles. The zero-order valence-electron chi connectivity index (χ0n) is 8.56. The second-order valence-corrected chi connectivity index (χ2v) is 4.13. The fraction of sp³-hybridized carbons (Fsp3) is 0.500. The van der Waals surface area contributed by atoms with E-state index in [0.29, 0.717) is 18.7 Å². The molecule has 0 fully saturated rings. The number of nitrogens with zero attached hydrogens (tertiary/aromatic N) is 1. The summed E-state index contributed by atoms with van der Waals surface area (Å²) in [5.74, 6) is 0. The monoisotopic (exact) mass is 226 g/mol. The lowest BCUT2D eigenvalue weighted by Gasteiger charge is -2.13. The molecule has 15 heavy (non-hydrogen) atoms. The topological polar surface area (TPSA) is 65.3 Å². The van der Waals surface area contributed by atoms with Crippen LogP contribution in [0.15, 0.2) is 11.4 Å². The second kappa shape index (κ2) is 6.53. The van der Waals surface area contributed by atoms with Crippen molar-refractivity contribution in [3.05, 3.63) is 21.9 Å². The Kier molecular flexibility index (Phi) is 5.29. The molecule has 2 N–H and O–H groups in total. The molecule has 82 valence electrons. The van der Waals surface area contributed by atoms with Gasteiger partial charge in [0.05, 0.1) is 24.8 Å². The molecule has 1 unspecified atom stereocenters. The maximum absolute atomic E-state index is 9.00. The van der Waals surface area contributed by atoms with Gasteiger partial charge in [-0.25, -0.2) is 0 Å². The Bertz CT molecular complexity index is 332. The number of ether oxygens (including phenoxy) is 1. The summed E-state index contributed by atoms with van der Waals surface area (Å²) in [6.07, 6.45) is 0. The van der Waals surface area contributed by atoms with Gasteiger partial charge in [-0.2, -0.15) is 5.26 Å². The average molecular weight is 226 g/mol. The Labute approximate surface area is 93.1 Å². The number of thiophene rings is 1. The van der Waals surface area contributed by atoms with Crippen molar-refractivity contribution in [3.8, 4) is 6.07 Å². The van der Waals surface area contributed by atoms with E-state index in [2.05, 4.69) is 11.4 Å². The largest absolute Gasteiger partial charge is 0.395 e. The van der Waals surface area contributed by atoms with Gasteiger partial charge in [-0.15, -0.1) is 11.3 Å². The van der Waals surface area contributed by atoms with Crippen LogP contribution in [-0.4, -0.2) is 31.5 Å². The number of nitriles is 1. The molecule has 1 aromatic rings. The number of aliphatic hydroxyl groups excluding tert-OH is 1. The molecule has 0 spiro atoms. The van der Waals surface area contributed by atoms with Crippen molar-refractivity contribution in [3.63, 3.8) is 0 Å². The molecular weight excluding hydrogens is 212 g/mol. The average Bonchev–Trinajstić information content (AvgIpc) is 2.72. The highest BCUT2D eigenvalue weighted by Gasteiger charge is 2.06. The summed E-state index contributed by atoms with van der Waals surface area (Å²) in [5, 5.41) is 22.6. The van der Waals surface area contributed by atoms with Gasteiger partial charge >= 0.3 is 0 Å². The summed E-state index contributed by atoms with van der Waals surface area (Å²) in [5.41, 5.74) is 0.684. The zero-order chi connectivity index (χ0) is 11.1. The van der Waals surface area contributed by atoms with E-state index in [1.807, 2.05) is 11.4 Å². The Morgan fingerprint density at radius 1 is 1.73 bits per heavy atom. The summed E-state index contributed by atoms with van der Waals surface area (Å²) in [6.45, 7) is 1.18. The van der Waals surface area contributed by atoms with Gasteiger partial charge in [0.1, 0.15) is 6.07 Å². The number of methoxy groups -OCH3 is 1. The fourth-order valence-corrected chi connectivity index (χ4v) is 1.92. The first-order valence-electron chi connectivity index (χ1n) is 4.60. The molecule has 0 saturated heterocycles. The van der Waals surface area contributed by atoms with Crippen molar-refractivity contribution in [2.45, 2.75) is 12.6 Å². The molecule has 0 bridgehead atoms. The first-order valence-corrected chi connectivity index (χ1v) is 5.48. The van der Waals surface area contributed by atoms with E-state index in [-0.39, 0.29) is 12.6 Å². The van der Waals surface area contributed by atoms with E-state index in [4.69, 9.17) is 15.1 Å². The van der Waals surface area contributed by atoms with Crippen molar-refractivity contribution in [1.29, 1.82) is 5.26 Å². The summed E-state index contributed by atoms with van der Waals surface area (Å²) < 4.78 is 4.94. The van der Waals surface area contributed by atoms with E-state index >= 15 is 0 Å². The maximum Gasteiger partial charge on any atom is 0.100 e. The third kappa shape index (κ3) is 3.98. The Morgan fingerprint density at radius 2 is 2.53 bits per heavy atom. The maximum atomic E-state index is 9.00. The highest BCUT2D eigenvalue weighted by molar-refractivity contribution is 7.10. The van der Waals surface area contributed by atoms with Crippen molar-refractivity contribution in [1.82, 2.24) is 5.32 Å². The van der Waals surface area contributed by atoms with E-state index < -0.39 is 0 Å². The van der Waals surface area contributed by atoms with Gasteiger partial charge in [0.15, 0.2) is 0 Å². The molecule has 0 aromatic carbocycles. The number of rotatable bonds is 6. The molecule has 0 amide bonds. The van der Waals surface area contributed by atoms with E-state index in [1.165, 1.54) is 11.3 Å². The third-order valence-electron chi connectivity index (χ3n) is 1.94. The van der Waals surface area contributed by atoms with Crippen LogP contribution in [0.3, 0.4) is 0 Å². The Morgan fingerprint density at radius 3 is 3.07 bits per heavy atom. The van der Waals surface area contributed by atoms with Crippen LogP contribution < -0.4 is 5.32 Å². The Hall–Kier alpha value is -0.930. The molecule has 0 saturated carbocycles. The lowest BCUT2D eigenvalue weighted by Crippen LogP contribution is -2.35. The first kappa shape index (κ1) is 12.1. The van der Waals surface area contributed by atoms with Crippen LogP contribution in [-0.2, 0) is 11.3 Å². The molecule has 1 atom stereocenters. The van der Waals surface area contributed by atoms with E-state index in [1.54, 1.807) is 7.11 Å². The van der Waals surface area contributed by atoms with Gasteiger partial charge in [-0.05, 0) is 6.07 Å². The quantitative estimate of drug-likeness (QED) is 0.750. The molecule has 1 rings (SSSR count). The molecular formula is C10H14N2O2S. The SMILES string of the molecule is COCC(CO)NCc1cc(C#N)cs1. The summed E-state index contributed by atoms with van der Waals surface area (Å²) >= 11 is 1.54. The summed E-state index contributed by atoms with van der Waals surface area (Å²) in [6, 6.07) is 3.88. The lowest BCUT2D eigenvalue weighted by atomic mass is 10.3. The second-order valence-electron chi connectivity index (χ2n) is 3.13. The van der Waals surface area contributed by atoms with Gasteiger partial charge < -0.3 is 15.2 Å². The minimum Gasteiger partial charge on any atom is -0.395 e. The molecule has 0 radical (unpaired) electrons. The molecule has 1 aromatic heterocycles. The third-order valence-corrected chi connectivity index (χ3v) is 2.87. The molecule has 5 heteroatoms. The zero-order valence-corrected chi connectivity index (χ0v) is 9.38. The number of hydrogen-bond donors (Lipinski definition) is 2. The van der Waals surface area contributed by atoms with Crippen molar-refractivity contribution in [2.75, 3.05) is 20.3 Å². The number of nitrogens with one attached hydrogen (secondary N) is 1. The normalized spacial score (nSPS) is 12.3. The van der Waals surface area contributed by atoms with E-state index in [0.717, 1.165) is 4.88 Å².